The van der Waals surface area contributed by atoms with Gasteiger partial charge in [0.15, 0.2) is 0 Å². The number of hydrogen-bond acceptors (Lipinski definition) is 1. The van der Waals surface area contributed by atoms with Gasteiger partial charge in [0.25, 0.3) is 0 Å². The summed E-state index contributed by atoms with van der Waals surface area (Å²) in [5.74, 6) is 0. The quantitative estimate of drug-likeness (QED) is 0.610. The zero-order chi connectivity index (χ0) is 11.7. The van der Waals surface area contributed by atoms with Crippen molar-refractivity contribution in [1.29, 1.82) is 0 Å². The number of rotatable bonds is 0. The molecule has 0 saturated carbocycles. The van der Waals surface area contributed by atoms with Crippen LogP contribution in [-0.2, 0) is 0 Å². The van der Waals surface area contributed by atoms with Gasteiger partial charge < -0.3 is 0 Å². The zero-order valence-corrected chi connectivity index (χ0v) is 10.4. The van der Waals surface area contributed by atoms with Gasteiger partial charge in [-0.1, -0.05) is 52.0 Å². The SMILES string of the molecule is CC.CC.Cc1cncc2ccccc12. The van der Waals surface area contributed by atoms with Gasteiger partial charge in [-0.25, -0.2) is 0 Å². The fourth-order valence-electron chi connectivity index (χ4n) is 1.27. The molecule has 0 N–H and O–H groups in total. The van der Waals surface area contributed by atoms with Crippen molar-refractivity contribution in [2.45, 2.75) is 34.6 Å². The van der Waals surface area contributed by atoms with Crippen molar-refractivity contribution in [2.75, 3.05) is 0 Å². The molecule has 82 valence electrons. The van der Waals surface area contributed by atoms with Crippen LogP contribution < -0.4 is 0 Å². The van der Waals surface area contributed by atoms with Crippen LogP contribution in [-0.4, -0.2) is 4.98 Å². The summed E-state index contributed by atoms with van der Waals surface area (Å²) in [6.45, 7) is 10.1. The minimum absolute atomic E-state index is 1.22. The fourth-order valence-corrected chi connectivity index (χ4v) is 1.27. The molecule has 1 heteroatoms. The van der Waals surface area contributed by atoms with Crippen LogP contribution >= 0.6 is 0 Å². The average molecular weight is 203 g/mol. The highest BCUT2D eigenvalue weighted by atomic mass is 14.6. The third kappa shape index (κ3) is 3.70. The van der Waals surface area contributed by atoms with Crippen LogP contribution in [0.3, 0.4) is 0 Å². The van der Waals surface area contributed by atoms with E-state index in [2.05, 4.69) is 30.1 Å². The van der Waals surface area contributed by atoms with Crippen LogP contribution in [0.2, 0.25) is 0 Å². The van der Waals surface area contributed by atoms with E-state index in [9.17, 15) is 0 Å². The molecule has 0 radical (unpaired) electrons. The van der Waals surface area contributed by atoms with Crippen LogP contribution in [0.15, 0.2) is 36.7 Å². The van der Waals surface area contributed by atoms with Gasteiger partial charge in [-0.3, -0.25) is 4.98 Å². The highest BCUT2D eigenvalue weighted by Crippen LogP contribution is 2.14. The summed E-state index contributed by atoms with van der Waals surface area (Å²) in [5, 5.41) is 2.51. The van der Waals surface area contributed by atoms with Crippen LogP contribution in [0.4, 0.5) is 0 Å². The molecule has 1 heterocycles. The number of hydrogen-bond donors (Lipinski definition) is 0. The van der Waals surface area contributed by atoms with Crippen LogP contribution in [0.5, 0.6) is 0 Å². The van der Waals surface area contributed by atoms with E-state index in [0.29, 0.717) is 0 Å². The summed E-state index contributed by atoms with van der Waals surface area (Å²) in [6, 6.07) is 8.28. The number of fused-ring (bicyclic) bond motifs is 1. The molecule has 1 aromatic heterocycles. The monoisotopic (exact) mass is 203 g/mol. The number of aromatic nitrogens is 1. The zero-order valence-electron chi connectivity index (χ0n) is 10.4. The summed E-state index contributed by atoms with van der Waals surface area (Å²) in [4.78, 5) is 4.11. The van der Waals surface area contributed by atoms with Gasteiger partial charge >= 0.3 is 0 Å². The molecular weight excluding hydrogens is 182 g/mol. The predicted octanol–water partition coefficient (Wildman–Crippen LogP) is 4.60. The van der Waals surface area contributed by atoms with Gasteiger partial charge in [0.05, 0.1) is 0 Å². The van der Waals surface area contributed by atoms with Crippen LogP contribution in [0.25, 0.3) is 10.8 Å². The van der Waals surface area contributed by atoms with Crippen molar-refractivity contribution < 1.29 is 0 Å². The van der Waals surface area contributed by atoms with E-state index in [4.69, 9.17) is 0 Å². The lowest BCUT2D eigenvalue weighted by Gasteiger charge is -1.98. The Hall–Kier alpha value is -1.37. The first-order valence-corrected chi connectivity index (χ1v) is 5.67. The van der Waals surface area contributed by atoms with E-state index in [1.807, 2.05) is 46.2 Å². The molecule has 0 aliphatic rings. The second-order valence-corrected chi connectivity index (χ2v) is 2.68. The Bertz CT molecular complexity index is 375. The molecule has 1 nitrogen and oxygen atoms in total. The number of nitrogens with zero attached hydrogens (tertiary/aromatic N) is 1. The molecule has 0 aliphatic heterocycles. The molecular formula is C14H21N. The smallest absolute Gasteiger partial charge is 0.0346 e. The molecule has 0 spiro atoms. The topological polar surface area (TPSA) is 12.9 Å². The largest absolute Gasteiger partial charge is 0.264 e. The highest BCUT2D eigenvalue weighted by molar-refractivity contribution is 5.84. The second-order valence-electron chi connectivity index (χ2n) is 2.68. The minimum Gasteiger partial charge on any atom is -0.264 e. The molecule has 0 saturated heterocycles. The molecule has 0 amide bonds. The van der Waals surface area contributed by atoms with Gasteiger partial charge in [-0.2, -0.15) is 0 Å². The van der Waals surface area contributed by atoms with Gasteiger partial charge in [0.1, 0.15) is 0 Å². The Morgan fingerprint density at radius 3 is 2.07 bits per heavy atom. The Balaban J connectivity index is 0.000000442. The maximum Gasteiger partial charge on any atom is 0.0346 e. The molecule has 2 rings (SSSR count). The molecule has 1 aromatic carbocycles. The summed E-state index contributed by atoms with van der Waals surface area (Å²) >= 11 is 0. The third-order valence-corrected chi connectivity index (χ3v) is 1.87. The first kappa shape index (κ1) is 13.6. The van der Waals surface area contributed by atoms with Crippen molar-refractivity contribution >= 4 is 10.8 Å². The summed E-state index contributed by atoms with van der Waals surface area (Å²) < 4.78 is 0. The lowest BCUT2D eigenvalue weighted by Crippen LogP contribution is -1.79. The van der Waals surface area contributed by atoms with E-state index in [-0.39, 0.29) is 0 Å². The predicted molar refractivity (Wildman–Crippen MR) is 69.2 cm³/mol. The van der Waals surface area contributed by atoms with Crippen LogP contribution in [0, 0.1) is 6.92 Å². The molecule has 0 bridgehead atoms. The van der Waals surface area contributed by atoms with Crippen molar-refractivity contribution in [3.63, 3.8) is 0 Å². The number of pyridine rings is 1. The van der Waals surface area contributed by atoms with Crippen molar-refractivity contribution in [3.05, 3.63) is 42.2 Å². The first-order valence-electron chi connectivity index (χ1n) is 5.67. The third-order valence-electron chi connectivity index (χ3n) is 1.87. The van der Waals surface area contributed by atoms with Gasteiger partial charge in [0, 0.05) is 17.8 Å². The Labute approximate surface area is 93.2 Å². The normalized spacial score (nSPS) is 8.33. The standard InChI is InChI=1S/C10H9N.2C2H6/c1-8-6-11-7-9-4-2-3-5-10(8)9;2*1-2/h2-7H,1H3;2*1-2H3. The number of benzene rings is 1. The summed E-state index contributed by atoms with van der Waals surface area (Å²) in [6.07, 6.45) is 3.78. The molecule has 0 aliphatic carbocycles. The second kappa shape index (κ2) is 7.98. The van der Waals surface area contributed by atoms with E-state index < -0.39 is 0 Å². The Morgan fingerprint density at radius 2 is 1.47 bits per heavy atom. The molecule has 2 aromatic rings. The fraction of sp³-hybridized carbons (Fsp3) is 0.357. The van der Waals surface area contributed by atoms with Gasteiger partial charge in [-0.05, 0) is 17.9 Å². The highest BCUT2D eigenvalue weighted by Gasteiger charge is 1.93. The molecule has 0 unspecified atom stereocenters. The molecule has 0 atom stereocenters. The lowest BCUT2D eigenvalue weighted by molar-refractivity contribution is 1.31. The Kier molecular flexibility index (Phi) is 7.25. The van der Waals surface area contributed by atoms with Gasteiger partial charge in [0.2, 0.25) is 0 Å². The Morgan fingerprint density at radius 1 is 0.867 bits per heavy atom. The average Bonchev–Trinajstić information content (AvgIpc) is 2.35. The first-order chi connectivity index (χ1) is 7.38. The molecule has 0 fully saturated rings. The molecule has 15 heavy (non-hydrogen) atoms. The maximum atomic E-state index is 4.11. The number of aryl methyl sites for hydroxylation is 1. The summed E-state index contributed by atoms with van der Waals surface area (Å²) in [7, 11) is 0. The van der Waals surface area contributed by atoms with Crippen LogP contribution in [0.1, 0.15) is 33.3 Å². The van der Waals surface area contributed by atoms with E-state index >= 15 is 0 Å². The van der Waals surface area contributed by atoms with E-state index in [0.717, 1.165) is 0 Å². The lowest BCUT2D eigenvalue weighted by atomic mass is 10.1. The summed E-state index contributed by atoms with van der Waals surface area (Å²) in [5.41, 5.74) is 1.24. The van der Waals surface area contributed by atoms with Crippen molar-refractivity contribution in [2.24, 2.45) is 0 Å². The van der Waals surface area contributed by atoms with E-state index in [1.54, 1.807) is 0 Å². The van der Waals surface area contributed by atoms with Crippen molar-refractivity contribution in [3.8, 4) is 0 Å². The van der Waals surface area contributed by atoms with Gasteiger partial charge in [-0.15, -0.1) is 0 Å². The van der Waals surface area contributed by atoms with E-state index in [1.165, 1.54) is 16.3 Å². The maximum absolute atomic E-state index is 4.11. The van der Waals surface area contributed by atoms with Crippen molar-refractivity contribution in [1.82, 2.24) is 4.98 Å². The minimum atomic E-state index is 1.22.